The number of hydrogen-bond acceptors (Lipinski definition) is 6. The molecule has 158 valence electrons. The lowest BCUT2D eigenvalue weighted by Crippen LogP contribution is -2.28. The maximum absolute atomic E-state index is 12.4. The van der Waals surface area contributed by atoms with Gasteiger partial charge in [0.15, 0.2) is 5.16 Å². The van der Waals surface area contributed by atoms with Gasteiger partial charge in [-0.15, -0.1) is 10.2 Å². The summed E-state index contributed by atoms with van der Waals surface area (Å²) in [5, 5.41) is 12.5. The van der Waals surface area contributed by atoms with E-state index in [2.05, 4.69) is 15.5 Å². The number of thioether (sulfide) groups is 1. The van der Waals surface area contributed by atoms with Crippen molar-refractivity contribution in [3.8, 4) is 0 Å². The lowest BCUT2D eigenvalue weighted by Gasteiger charge is -2.14. The first kappa shape index (κ1) is 21.9. The summed E-state index contributed by atoms with van der Waals surface area (Å²) in [7, 11) is 0. The molecule has 30 heavy (non-hydrogen) atoms. The van der Waals surface area contributed by atoms with E-state index in [0.717, 1.165) is 11.3 Å². The number of nitrogens with one attached hydrogen (secondary N) is 1. The fraction of sp³-hybridized carbons (Fsp3) is 0.300. The molecule has 2 amide bonds. The van der Waals surface area contributed by atoms with E-state index in [1.807, 2.05) is 29.7 Å². The Morgan fingerprint density at radius 1 is 1.27 bits per heavy atom. The minimum absolute atomic E-state index is 0.131. The summed E-state index contributed by atoms with van der Waals surface area (Å²) in [5.74, 6) is 0.964. The van der Waals surface area contributed by atoms with Crippen LogP contribution in [-0.2, 0) is 22.6 Å². The summed E-state index contributed by atoms with van der Waals surface area (Å²) >= 11 is 7.18. The first-order valence-electron chi connectivity index (χ1n) is 9.32. The number of halogens is 1. The van der Waals surface area contributed by atoms with Crippen molar-refractivity contribution in [1.29, 1.82) is 0 Å². The Balaban J connectivity index is 1.63. The van der Waals surface area contributed by atoms with Crippen LogP contribution in [0.2, 0.25) is 5.02 Å². The van der Waals surface area contributed by atoms with E-state index < -0.39 is 5.91 Å². The maximum atomic E-state index is 12.4. The van der Waals surface area contributed by atoms with Gasteiger partial charge in [-0.2, -0.15) is 0 Å². The van der Waals surface area contributed by atoms with E-state index in [9.17, 15) is 9.59 Å². The normalized spacial score (nSPS) is 11.9. The number of aromatic nitrogens is 3. The zero-order valence-electron chi connectivity index (χ0n) is 16.4. The van der Waals surface area contributed by atoms with Crippen molar-refractivity contribution >= 4 is 35.2 Å². The topological polar surface area (TPSA) is 116 Å². The van der Waals surface area contributed by atoms with E-state index in [-0.39, 0.29) is 24.1 Å². The summed E-state index contributed by atoms with van der Waals surface area (Å²) in [6, 6.07) is 10.8. The largest absolute Gasteiger partial charge is 0.467 e. The zero-order chi connectivity index (χ0) is 21.5. The fourth-order valence-corrected chi connectivity index (χ4v) is 3.70. The van der Waals surface area contributed by atoms with Crippen molar-refractivity contribution in [3.63, 3.8) is 0 Å². The molecule has 3 rings (SSSR count). The summed E-state index contributed by atoms with van der Waals surface area (Å²) in [6.45, 7) is 2.31. The van der Waals surface area contributed by atoms with Crippen LogP contribution < -0.4 is 11.1 Å². The zero-order valence-corrected chi connectivity index (χ0v) is 17.9. The third-order valence-corrected chi connectivity index (χ3v) is 5.58. The second-order valence-electron chi connectivity index (χ2n) is 6.66. The number of aryl methyl sites for hydroxylation is 1. The van der Waals surface area contributed by atoms with Gasteiger partial charge in [-0.25, -0.2) is 0 Å². The average molecular weight is 448 g/mol. The summed E-state index contributed by atoms with van der Waals surface area (Å²) in [5.41, 5.74) is 6.22. The molecule has 1 unspecified atom stereocenters. The van der Waals surface area contributed by atoms with Gasteiger partial charge in [0.1, 0.15) is 11.6 Å². The van der Waals surface area contributed by atoms with Crippen molar-refractivity contribution in [2.24, 2.45) is 5.73 Å². The molecule has 0 radical (unpaired) electrons. The number of carbonyl (C=O) groups is 2. The highest BCUT2D eigenvalue weighted by molar-refractivity contribution is 7.99. The highest BCUT2D eigenvalue weighted by Gasteiger charge is 2.17. The standard InChI is InChI=1S/C20H22ClN5O3S/c1-13(14-4-6-15(21)7-5-14)23-19(28)12-30-20-25-24-18(9-8-17(22)27)26(20)11-16-3-2-10-29-16/h2-7,10,13H,8-9,11-12H2,1H3,(H2,22,27)(H,23,28). The van der Waals surface area contributed by atoms with Crippen LogP contribution >= 0.6 is 23.4 Å². The number of rotatable bonds is 10. The molecule has 3 aromatic rings. The first-order valence-corrected chi connectivity index (χ1v) is 10.7. The molecule has 0 aliphatic rings. The van der Waals surface area contributed by atoms with Crippen LogP contribution in [-0.4, -0.2) is 32.3 Å². The van der Waals surface area contributed by atoms with Gasteiger partial charge in [0.25, 0.3) is 0 Å². The smallest absolute Gasteiger partial charge is 0.230 e. The molecule has 0 aliphatic heterocycles. The minimum Gasteiger partial charge on any atom is -0.467 e. The molecule has 0 spiro atoms. The highest BCUT2D eigenvalue weighted by Crippen LogP contribution is 2.21. The Morgan fingerprint density at radius 2 is 2.03 bits per heavy atom. The first-order chi connectivity index (χ1) is 14.4. The SMILES string of the molecule is CC(NC(=O)CSc1nnc(CCC(N)=O)n1Cc1ccco1)c1ccc(Cl)cc1. The lowest BCUT2D eigenvalue weighted by atomic mass is 10.1. The molecule has 8 nitrogen and oxygen atoms in total. The Labute approximate surface area is 183 Å². The third kappa shape index (κ3) is 6.11. The number of benzene rings is 1. The summed E-state index contributed by atoms with van der Waals surface area (Å²) in [4.78, 5) is 23.6. The van der Waals surface area contributed by atoms with E-state index in [0.29, 0.717) is 29.0 Å². The van der Waals surface area contributed by atoms with Crippen molar-refractivity contribution in [3.05, 3.63) is 64.8 Å². The molecule has 0 bridgehead atoms. The summed E-state index contributed by atoms with van der Waals surface area (Å²) in [6.07, 6.45) is 2.12. The molecular formula is C20H22ClN5O3S. The van der Waals surface area contributed by atoms with Gasteiger partial charge in [0.2, 0.25) is 11.8 Å². The molecule has 0 fully saturated rings. The number of carbonyl (C=O) groups excluding carboxylic acids is 2. The van der Waals surface area contributed by atoms with E-state index in [1.165, 1.54) is 11.8 Å². The molecule has 2 heterocycles. The lowest BCUT2D eigenvalue weighted by molar-refractivity contribution is -0.119. The van der Waals surface area contributed by atoms with E-state index in [1.54, 1.807) is 24.5 Å². The van der Waals surface area contributed by atoms with E-state index >= 15 is 0 Å². The Morgan fingerprint density at radius 3 is 2.70 bits per heavy atom. The van der Waals surface area contributed by atoms with Crippen LogP contribution in [0.25, 0.3) is 0 Å². The van der Waals surface area contributed by atoms with Gasteiger partial charge in [0.05, 0.1) is 24.6 Å². The predicted octanol–water partition coefficient (Wildman–Crippen LogP) is 2.96. The van der Waals surface area contributed by atoms with Crippen LogP contribution in [0.15, 0.2) is 52.2 Å². The number of nitrogens with zero attached hydrogens (tertiary/aromatic N) is 3. The Kier molecular flexibility index (Phi) is 7.53. The van der Waals surface area contributed by atoms with Gasteiger partial charge >= 0.3 is 0 Å². The minimum atomic E-state index is -0.410. The average Bonchev–Trinajstić information content (AvgIpc) is 3.35. The second kappa shape index (κ2) is 10.3. The van der Waals surface area contributed by atoms with Crippen LogP contribution in [0.1, 0.15) is 36.5 Å². The molecule has 3 N–H and O–H groups in total. The van der Waals surface area contributed by atoms with Crippen molar-refractivity contribution < 1.29 is 14.0 Å². The molecular weight excluding hydrogens is 426 g/mol. The van der Waals surface area contributed by atoms with Crippen LogP contribution in [0.4, 0.5) is 0 Å². The number of hydrogen-bond donors (Lipinski definition) is 2. The molecule has 1 aromatic carbocycles. The Bertz CT molecular complexity index is 989. The van der Waals surface area contributed by atoms with Gasteiger partial charge < -0.3 is 15.5 Å². The van der Waals surface area contributed by atoms with Crippen molar-refractivity contribution in [2.75, 3.05) is 5.75 Å². The highest BCUT2D eigenvalue weighted by atomic mass is 35.5. The predicted molar refractivity (Wildman–Crippen MR) is 114 cm³/mol. The number of primary amides is 1. The van der Waals surface area contributed by atoms with Gasteiger partial charge in [0, 0.05) is 17.9 Å². The number of amides is 2. The molecule has 2 aromatic heterocycles. The molecule has 0 aliphatic carbocycles. The molecule has 0 saturated carbocycles. The third-order valence-electron chi connectivity index (χ3n) is 4.36. The summed E-state index contributed by atoms with van der Waals surface area (Å²) < 4.78 is 7.25. The van der Waals surface area contributed by atoms with Crippen LogP contribution in [0, 0.1) is 0 Å². The van der Waals surface area contributed by atoms with E-state index in [4.69, 9.17) is 21.8 Å². The van der Waals surface area contributed by atoms with Crippen molar-refractivity contribution in [1.82, 2.24) is 20.1 Å². The number of furan rings is 1. The monoisotopic (exact) mass is 447 g/mol. The fourth-order valence-electron chi connectivity index (χ4n) is 2.81. The second-order valence-corrected chi connectivity index (χ2v) is 8.04. The molecule has 0 saturated heterocycles. The van der Waals surface area contributed by atoms with Crippen LogP contribution in [0.5, 0.6) is 0 Å². The quantitative estimate of drug-likeness (QED) is 0.461. The van der Waals surface area contributed by atoms with Crippen LogP contribution in [0.3, 0.4) is 0 Å². The molecule has 1 atom stereocenters. The van der Waals surface area contributed by atoms with Gasteiger partial charge in [-0.05, 0) is 36.8 Å². The van der Waals surface area contributed by atoms with Crippen molar-refractivity contribution in [2.45, 2.75) is 37.5 Å². The van der Waals surface area contributed by atoms with Gasteiger partial charge in [-0.3, -0.25) is 14.2 Å². The Hall–Kier alpha value is -2.78. The van der Waals surface area contributed by atoms with Gasteiger partial charge in [-0.1, -0.05) is 35.5 Å². The number of nitrogens with two attached hydrogens (primary N) is 1. The maximum Gasteiger partial charge on any atom is 0.230 e. The molecule has 10 heteroatoms.